The van der Waals surface area contributed by atoms with Gasteiger partial charge in [0.05, 0.1) is 27.2 Å². The summed E-state index contributed by atoms with van der Waals surface area (Å²) in [5.74, 6) is -0.162. The SMILES string of the molecule is COOCCCNC(C)CCCC(C)NCCC(=O)OC. The summed E-state index contributed by atoms with van der Waals surface area (Å²) < 4.78 is 4.60. The fourth-order valence-electron chi connectivity index (χ4n) is 2.02. The number of esters is 1. The molecule has 0 amide bonds. The van der Waals surface area contributed by atoms with Gasteiger partial charge in [-0.1, -0.05) is 6.42 Å². The van der Waals surface area contributed by atoms with Crippen molar-refractivity contribution in [2.45, 2.75) is 58.0 Å². The molecule has 2 N–H and O–H groups in total. The molecule has 0 saturated carbocycles. The van der Waals surface area contributed by atoms with E-state index in [1.807, 2.05) is 0 Å². The van der Waals surface area contributed by atoms with Crippen LogP contribution in [-0.4, -0.2) is 52.0 Å². The molecule has 0 spiro atoms. The second-order valence-electron chi connectivity index (χ2n) is 5.31. The number of hydrogen-bond donors (Lipinski definition) is 2. The van der Waals surface area contributed by atoms with Crippen LogP contribution in [0.3, 0.4) is 0 Å². The lowest BCUT2D eigenvalue weighted by molar-refractivity contribution is -0.272. The lowest BCUT2D eigenvalue weighted by Gasteiger charge is -2.16. The van der Waals surface area contributed by atoms with E-state index in [1.54, 1.807) is 0 Å². The standard InChI is InChI=1S/C15H32N2O4/c1-13(16-10-6-12-21-20-4)7-5-8-14(2)17-11-9-15(18)19-3/h13-14,16-17H,5-12H2,1-4H3. The van der Waals surface area contributed by atoms with Crippen molar-refractivity contribution in [2.75, 3.05) is 33.9 Å². The Labute approximate surface area is 128 Å². The molecule has 0 saturated heterocycles. The Balaban J connectivity index is 3.40. The van der Waals surface area contributed by atoms with Crippen molar-refractivity contribution in [3.63, 3.8) is 0 Å². The second-order valence-corrected chi connectivity index (χ2v) is 5.31. The molecule has 0 aromatic heterocycles. The highest BCUT2D eigenvalue weighted by atomic mass is 17.2. The van der Waals surface area contributed by atoms with Crippen molar-refractivity contribution < 1.29 is 19.3 Å². The van der Waals surface area contributed by atoms with E-state index in [0.29, 0.717) is 31.7 Å². The minimum absolute atomic E-state index is 0.162. The molecule has 0 fully saturated rings. The summed E-state index contributed by atoms with van der Waals surface area (Å²) in [5.41, 5.74) is 0. The van der Waals surface area contributed by atoms with Gasteiger partial charge in [-0.3, -0.25) is 4.79 Å². The molecule has 0 aliphatic rings. The molecule has 0 aromatic carbocycles. The van der Waals surface area contributed by atoms with E-state index >= 15 is 0 Å². The predicted molar refractivity (Wildman–Crippen MR) is 83.0 cm³/mol. The van der Waals surface area contributed by atoms with E-state index in [0.717, 1.165) is 32.2 Å². The highest BCUT2D eigenvalue weighted by Crippen LogP contribution is 2.04. The fraction of sp³-hybridized carbons (Fsp3) is 0.933. The van der Waals surface area contributed by atoms with Crippen molar-refractivity contribution in [3.8, 4) is 0 Å². The molecule has 2 unspecified atom stereocenters. The predicted octanol–water partition coefficient (Wildman–Crippen LogP) is 1.64. The lowest BCUT2D eigenvalue weighted by atomic mass is 10.1. The van der Waals surface area contributed by atoms with Gasteiger partial charge in [-0.05, 0) is 39.7 Å². The minimum Gasteiger partial charge on any atom is -0.469 e. The van der Waals surface area contributed by atoms with Crippen LogP contribution in [0.25, 0.3) is 0 Å². The van der Waals surface area contributed by atoms with Gasteiger partial charge in [-0.2, -0.15) is 0 Å². The maximum absolute atomic E-state index is 11.0. The van der Waals surface area contributed by atoms with E-state index in [9.17, 15) is 4.79 Å². The van der Waals surface area contributed by atoms with E-state index in [4.69, 9.17) is 4.89 Å². The van der Waals surface area contributed by atoms with Crippen molar-refractivity contribution in [3.05, 3.63) is 0 Å². The van der Waals surface area contributed by atoms with Gasteiger partial charge in [0.25, 0.3) is 0 Å². The molecule has 0 aliphatic carbocycles. The molecule has 2 atom stereocenters. The van der Waals surface area contributed by atoms with Crippen molar-refractivity contribution in [1.82, 2.24) is 10.6 Å². The van der Waals surface area contributed by atoms with Gasteiger partial charge in [-0.25, -0.2) is 9.78 Å². The average molecular weight is 304 g/mol. The van der Waals surface area contributed by atoms with E-state index in [1.165, 1.54) is 14.2 Å². The molecular formula is C15H32N2O4. The second kappa shape index (κ2) is 14.3. The first-order valence-electron chi connectivity index (χ1n) is 7.79. The van der Waals surface area contributed by atoms with Crippen molar-refractivity contribution >= 4 is 5.97 Å². The first kappa shape index (κ1) is 20.3. The molecule has 0 radical (unpaired) electrons. The number of ether oxygens (including phenoxy) is 1. The smallest absolute Gasteiger partial charge is 0.306 e. The van der Waals surface area contributed by atoms with Crippen LogP contribution in [0.5, 0.6) is 0 Å². The zero-order valence-corrected chi connectivity index (χ0v) is 13.9. The van der Waals surface area contributed by atoms with Gasteiger partial charge in [0.2, 0.25) is 0 Å². The third kappa shape index (κ3) is 14.0. The first-order valence-corrected chi connectivity index (χ1v) is 7.79. The van der Waals surface area contributed by atoms with Gasteiger partial charge in [0.1, 0.15) is 0 Å². The Hall–Kier alpha value is -0.690. The summed E-state index contributed by atoms with van der Waals surface area (Å²) in [6.07, 6.45) is 4.80. The van der Waals surface area contributed by atoms with Gasteiger partial charge in [0.15, 0.2) is 0 Å². The molecule has 0 aromatic rings. The fourth-order valence-corrected chi connectivity index (χ4v) is 2.02. The summed E-state index contributed by atoms with van der Waals surface area (Å²) in [5, 5.41) is 6.80. The molecule has 21 heavy (non-hydrogen) atoms. The third-order valence-corrected chi connectivity index (χ3v) is 3.34. The van der Waals surface area contributed by atoms with Crippen LogP contribution >= 0.6 is 0 Å². The van der Waals surface area contributed by atoms with Crippen LogP contribution in [0.15, 0.2) is 0 Å². The first-order chi connectivity index (χ1) is 10.1. The number of rotatable bonds is 14. The normalized spacial score (nSPS) is 13.9. The topological polar surface area (TPSA) is 68.8 Å². The summed E-state index contributed by atoms with van der Waals surface area (Å²) in [4.78, 5) is 20.3. The summed E-state index contributed by atoms with van der Waals surface area (Å²) >= 11 is 0. The van der Waals surface area contributed by atoms with Gasteiger partial charge in [0, 0.05) is 18.6 Å². The molecule has 0 heterocycles. The van der Waals surface area contributed by atoms with Crippen LogP contribution in [0.2, 0.25) is 0 Å². The molecule has 126 valence electrons. The Kier molecular flexibility index (Phi) is 13.8. The summed E-state index contributed by atoms with van der Waals surface area (Å²) in [6, 6.07) is 0.937. The van der Waals surface area contributed by atoms with Crippen molar-refractivity contribution in [1.29, 1.82) is 0 Å². The Bertz CT molecular complexity index is 252. The largest absolute Gasteiger partial charge is 0.469 e. The van der Waals surface area contributed by atoms with Crippen LogP contribution in [-0.2, 0) is 19.3 Å². The minimum atomic E-state index is -0.162. The quantitative estimate of drug-likeness (QED) is 0.220. The van der Waals surface area contributed by atoms with Crippen LogP contribution in [0.1, 0.15) is 46.0 Å². The highest BCUT2D eigenvalue weighted by molar-refractivity contribution is 5.69. The van der Waals surface area contributed by atoms with Gasteiger partial charge < -0.3 is 15.4 Å². The van der Waals surface area contributed by atoms with Crippen LogP contribution < -0.4 is 10.6 Å². The monoisotopic (exact) mass is 304 g/mol. The van der Waals surface area contributed by atoms with E-state index in [-0.39, 0.29) is 5.97 Å². The zero-order chi connectivity index (χ0) is 15.9. The van der Waals surface area contributed by atoms with Gasteiger partial charge >= 0.3 is 5.97 Å². The Morgan fingerprint density at radius 3 is 2.19 bits per heavy atom. The molecule has 6 nitrogen and oxygen atoms in total. The molecular weight excluding hydrogens is 272 g/mol. The van der Waals surface area contributed by atoms with Gasteiger partial charge in [-0.15, -0.1) is 0 Å². The molecule has 0 bridgehead atoms. The average Bonchev–Trinajstić information content (AvgIpc) is 2.46. The summed E-state index contributed by atoms with van der Waals surface area (Å²) in [7, 11) is 2.94. The number of carbonyl (C=O) groups excluding carboxylic acids is 1. The van der Waals surface area contributed by atoms with E-state index in [2.05, 4.69) is 34.1 Å². The maximum atomic E-state index is 11.0. The van der Waals surface area contributed by atoms with Crippen molar-refractivity contribution in [2.24, 2.45) is 0 Å². The van der Waals surface area contributed by atoms with Crippen LogP contribution in [0.4, 0.5) is 0 Å². The number of nitrogens with one attached hydrogen (secondary N) is 2. The molecule has 0 aliphatic heterocycles. The number of carbonyl (C=O) groups is 1. The Morgan fingerprint density at radius 2 is 1.62 bits per heavy atom. The number of methoxy groups -OCH3 is 1. The molecule has 6 heteroatoms. The lowest BCUT2D eigenvalue weighted by Crippen LogP contribution is -2.30. The highest BCUT2D eigenvalue weighted by Gasteiger charge is 2.06. The zero-order valence-electron chi connectivity index (χ0n) is 13.9. The maximum Gasteiger partial charge on any atom is 0.306 e. The number of hydrogen-bond acceptors (Lipinski definition) is 6. The third-order valence-electron chi connectivity index (χ3n) is 3.34. The molecule has 0 rings (SSSR count). The Morgan fingerprint density at radius 1 is 1.00 bits per heavy atom. The summed E-state index contributed by atoms with van der Waals surface area (Å²) in [6.45, 7) is 6.60. The van der Waals surface area contributed by atoms with Crippen LogP contribution in [0, 0.1) is 0 Å². The van der Waals surface area contributed by atoms with E-state index < -0.39 is 0 Å².